The molecule has 0 spiro atoms. The van der Waals surface area contributed by atoms with Crippen LogP contribution in [0.25, 0.3) is 6.08 Å². The SMILES string of the molecule is CCOc1cc(/C=C2\C(=O)NC(=O)N(C3CCCC3)C2=O)cc(Cl)c1OCC(=O)Nc1ccc(C)cc1. The van der Waals surface area contributed by atoms with Gasteiger partial charge in [-0.15, -0.1) is 0 Å². The van der Waals surface area contributed by atoms with E-state index < -0.39 is 17.8 Å². The molecule has 0 radical (unpaired) electrons. The molecule has 37 heavy (non-hydrogen) atoms. The second-order valence-electron chi connectivity index (χ2n) is 8.90. The molecule has 1 saturated heterocycles. The third-order valence-corrected chi connectivity index (χ3v) is 6.43. The number of urea groups is 1. The molecule has 2 aliphatic rings. The molecule has 0 unspecified atom stereocenters. The van der Waals surface area contributed by atoms with E-state index in [1.165, 1.54) is 12.1 Å². The van der Waals surface area contributed by atoms with Crippen molar-refractivity contribution in [3.05, 3.63) is 58.1 Å². The van der Waals surface area contributed by atoms with Gasteiger partial charge in [-0.05, 0) is 62.6 Å². The highest BCUT2D eigenvalue weighted by molar-refractivity contribution is 6.33. The molecule has 2 aromatic rings. The Labute approximate surface area is 219 Å². The molecule has 9 nitrogen and oxygen atoms in total. The second kappa shape index (κ2) is 11.5. The Morgan fingerprint density at radius 2 is 1.84 bits per heavy atom. The van der Waals surface area contributed by atoms with Gasteiger partial charge in [0.05, 0.1) is 11.6 Å². The summed E-state index contributed by atoms with van der Waals surface area (Å²) in [5, 5.41) is 5.13. The lowest BCUT2D eigenvalue weighted by atomic mass is 10.0. The average Bonchev–Trinajstić information content (AvgIpc) is 3.37. The van der Waals surface area contributed by atoms with Gasteiger partial charge in [-0.1, -0.05) is 42.1 Å². The Morgan fingerprint density at radius 3 is 2.51 bits per heavy atom. The maximum atomic E-state index is 13.1. The van der Waals surface area contributed by atoms with Crippen LogP contribution in [0.5, 0.6) is 11.5 Å². The van der Waals surface area contributed by atoms with Crippen LogP contribution < -0.4 is 20.1 Å². The number of benzene rings is 2. The first kappa shape index (κ1) is 26.2. The predicted molar refractivity (Wildman–Crippen MR) is 139 cm³/mol. The Kier molecular flexibility index (Phi) is 8.13. The maximum Gasteiger partial charge on any atom is 0.331 e. The van der Waals surface area contributed by atoms with E-state index in [2.05, 4.69) is 10.6 Å². The highest BCUT2D eigenvalue weighted by atomic mass is 35.5. The lowest BCUT2D eigenvalue weighted by molar-refractivity contribution is -0.131. The molecule has 4 rings (SSSR count). The molecule has 1 aliphatic heterocycles. The zero-order valence-corrected chi connectivity index (χ0v) is 21.4. The van der Waals surface area contributed by atoms with Crippen LogP contribution in [0.15, 0.2) is 42.0 Å². The van der Waals surface area contributed by atoms with E-state index in [1.54, 1.807) is 25.1 Å². The Balaban J connectivity index is 1.54. The quantitative estimate of drug-likeness (QED) is 0.388. The van der Waals surface area contributed by atoms with E-state index in [4.69, 9.17) is 21.1 Å². The minimum absolute atomic E-state index is 0.133. The van der Waals surface area contributed by atoms with Gasteiger partial charge in [0, 0.05) is 11.7 Å². The largest absolute Gasteiger partial charge is 0.490 e. The number of aryl methyl sites for hydroxylation is 1. The molecule has 2 fully saturated rings. The van der Waals surface area contributed by atoms with Gasteiger partial charge in [0.15, 0.2) is 18.1 Å². The van der Waals surface area contributed by atoms with Gasteiger partial charge in [0.2, 0.25) is 0 Å². The zero-order chi connectivity index (χ0) is 26.5. The van der Waals surface area contributed by atoms with Crippen molar-refractivity contribution in [2.75, 3.05) is 18.5 Å². The number of nitrogens with one attached hydrogen (secondary N) is 2. The summed E-state index contributed by atoms with van der Waals surface area (Å²) in [5.41, 5.74) is 1.95. The molecule has 5 amide bonds. The number of halogens is 1. The molecule has 0 bridgehead atoms. The molecule has 194 valence electrons. The van der Waals surface area contributed by atoms with Crippen LogP contribution in [-0.2, 0) is 14.4 Å². The normalized spacial score (nSPS) is 17.2. The molecule has 0 atom stereocenters. The summed E-state index contributed by atoms with van der Waals surface area (Å²) in [4.78, 5) is 51.5. The number of carbonyl (C=O) groups excluding carboxylic acids is 4. The monoisotopic (exact) mass is 525 g/mol. The van der Waals surface area contributed by atoms with E-state index in [-0.39, 0.29) is 47.3 Å². The molecule has 1 saturated carbocycles. The average molecular weight is 526 g/mol. The van der Waals surface area contributed by atoms with Crippen LogP contribution in [0.4, 0.5) is 10.5 Å². The van der Waals surface area contributed by atoms with Crippen molar-refractivity contribution >= 4 is 47.1 Å². The van der Waals surface area contributed by atoms with Crippen LogP contribution in [0.2, 0.25) is 5.02 Å². The van der Waals surface area contributed by atoms with Gasteiger partial charge in [-0.25, -0.2) is 4.79 Å². The highest BCUT2D eigenvalue weighted by Crippen LogP contribution is 2.38. The van der Waals surface area contributed by atoms with Crippen molar-refractivity contribution in [3.63, 3.8) is 0 Å². The van der Waals surface area contributed by atoms with Crippen molar-refractivity contribution < 1.29 is 28.7 Å². The van der Waals surface area contributed by atoms with Crippen molar-refractivity contribution in [1.82, 2.24) is 10.2 Å². The third kappa shape index (κ3) is 6.11. The van der Waals surface area contributed by atoms with E-state index in [1.807, 2.05) is 19.1 Å². The Morgan fingerprint density at radius 1 is 1.14 bits per heavy atom. The third-order valence-electron chi connectivity index (χ3n) is 6.15. The van der Waals surface area contributed by atoms with E-state index in [0.717, 1.165) is 23.3 Å². The number of barbiturate groups is 1. The number of carbonyl (C=O) groups is 4. The predicted octanol–water partition coefficient (Wildman–Crippen LogP) is 4.47. The number of ether oxygens (including phenoxy) is 2. The lowest BCUT2D eigenvalue weighted by Gasteiger charge is -2.31. The molecule has 2 N–H and O–H groups in total. The lowest BCUT2D eigenvalue weighted by Crippen LogP contribution is -2.57. The van der Waals surface area contributed by atoms with Gasteiger partial charge in [0.1, 0.15) is 5.57 Å². The van der Waals surface area contributed by atoms with Crippen molar-refractivity contribution in [2.24, 2.45) is 0 Å². The fourth-order valence-electron chi connectivity index (χ4n) is 4.38. The summed E-state index contributed by atoms with van der Waals surface area (Å²) in [7, 11) is 0. The molecular weight excluding hydrogens is 498 g/mol. The van der Waals surface area contributed by atoms with Crippen molar-refractivity contribution in [3.8, 4) is 11.5 Å². The summed E-state index contributed by atoms with van der Waals surface area (Å²) in [5.74, 6) is -1.38. The van der Waals surface area contributed by atoms with E-state index in [0.29, 0.717) is 24.1 Å². The molecule has 2 aromatic carbocycles. The van der Waals surface area contributed by atoms with Crippen LogP contribution in [0.3, 0.4) is 0 Å². The molecule has 1 heterocycles. The molecular formula is C27H28ClN3O6. The fourth-order valence-corrected chi connectivity index (χ4v) is 4.65. The van der Waals surface area contributed by atoms with Crippen LogP contribution in [0, 0.1) is 6.92 Å². The van der Waals surface area contributed by atoms with Crippen molar-refractivity contribution in [1.29, 1.82) is 0 Å². The summed E-state index contributed by atoms with van der Waals surface area (Å²) >= 11 is 6.46. The van der Waals surface area contributed by atoms with Crippen LogP contribution in [-0.4, -0.2) is 47.9 Å². The Hall–Kier alpha value is -3.85. The fraction of sp³-hybridized carbons (Fsp3) is 0.333. The number of amides is 5. The first-order chi connectivity index (χ1) is 17.8. The minimum atomic E-state index is -0.772. The minimum Gasteiger partial charge on any atom is -0.490 e. The number of hydrogen-bond acceptors (Lipinski definition) is 6. The number of hydrogen-bond donors (Lipinski definition) is 2. The van der Waals surface area contributed by atoms with Crippen molar-refractivity contribution in [2.45, 2.75) is 45.6 Å². The summed E-state index contributed by atoms with van der Waals surface area (Å²) in [6.07, 6.45) is 4.64. The summed E-state index contributed by atoms with van der Waals surface area (Å²) < 4.78 is 11.3. The zero-order valence-electron chi connectivity index (χ0n) is 20.6. The number of rotatable bonds is 8. The molecule has 0 aromatic heterocycles. The topological polar surface area (TPSA) is 114 Å². The van der Waals surface area contributed by atoms with E-state index >= 15 is 0 Å². The standard InChI is InChI=1S/C27H28ClN3O6/c1-3-36-22-14-17(12-20-25(33)30-27(35)31(26(20)34)19-6-4-5-7-19)13-21(28)24(22)37-15-23(32)29-18-10-8-16(2)9-11-18/h8-14,19H,3-7,15H2,1-2H3,(H,29,32)(H,30,33,35)/b20-12+. The smallest absolute Gasteiger partial charge is 0.331 e. The first-order valence-corrected chi connectivity index (χ1v) is 12.5. The molecule has 10 heteroatoms. The number of imide groups is 2. The Bertz CT molecular complexity index is 1250. The van der Waals surface area contributed by atoms with Gasteiger partial charge >= 0.3 is 6.03 Å². The second-order valence-corrected chi connectivity index (χ2v) is 9.30. The number of nitrogens with zero attached hydrogens (tertiary/aromatic N) is 1. The van der Waals surface area contributed by atoms with Crippen LogP contribution >= 0.6 is 11.6 Å². The van der Waals surface area contributed by atoms with Gasteiger partial charge in [-0.2, -0.15) is 0 Å². The van der Waals surface area contributed by atoms with Gasteiger partial charge in [0.25, 0.3) is 17.7 Å². The van der Waals surface area contributed by atoms with Crippen LogP contribution in [0.1, 0.15) is 43.7 Å². The van der Waals surface area contributed by atoms with Gasteiger partial charge in [-0.3, -0.25) is 24.6 Å². The first-order valence-electron chi connectivity index (χ1n) is 12.1. The van der Waals surface area contributed by atoms with Gasteiger partial charge < -0.3 is 14.8 Å². The molecule has 1 aliphatic carbocycles. The van der Waals surface area contributed by atoms with E-state index in [9.17, 15) is 19.2 Å². The highest BCUT2D eigenvalue weighted by Gasteiger charge is 2.40. The summed E-state index contributed by atoms with van der Waals surface area (Å²) in [6, 6.07) is 9.49. The summed E-state index contributed by atoms with van der Waals surface area (Å²) in [6.45, 7) is 3.70. The number of anilines is 1. The maximum absolute atomic E-state index is 13.1.